The number of piperidine rings is 1. The van der Waals surface area contributed by atoms with Crippen LogP contribution >= 0.6 is 0 Å². The molecule has 0 aliphatic carbocycles. The van der Waals surface area contributed by atoms with Crippen molar-refractivity contribution >= 4 is 11.5 Å². The summed E-state index contributed by atoms with van der Waals surface area (Å²) in [6.07, 6.45) is 2.21. The third kappa shape index (κ3) is 2.57. The number of halogens is 1. The Bertz CT molecular complexity index is 423. The molecule has 1 aromatic carbocycles. The topological polar surface area (TPSA) is 53.1 Å². The lowest BCUT2D eigenvalue weighted by molar-refractivity contribution is 0.434. The fourth-order valence-electron chi connectivity index (χ4n) is 2.18. The highest BCUT2D eigenvalue weighted by molar-refractivity contribution is 5.95. The van der Waals surface area contributed by atoms with Crippen LogP contribution in [-0.4, -0.2) is 18.9 Å². The SMILES string of the molecule is CC1CCN(c2ccc(C(=N)N)cc2F)CC1. The second kappa shape index (κ2) is 4.73. The first-order valence-electron chi connectivity index (χ1n) is 5.97. The standard InChI is InChI=1S/C13H18FN3/c1-9-4-6-17(7-5-9)12-3-2-10(13(15)16)8-11(12)14/h2-3,8-9H,4-7H2,1H3,(H3,15,16). The van der Waals surface area contributed by atoms with Crippen LogP contribution < -0.4 is 10.6 Å². The van der Waals surface area contributed by atoms with Crippen LogP contribution in [-0.2, 0) is 0 Å². The Labute approximate surface area is 101 Å². The maximum absolute atomic E-state index is 13.9. The normalized spacial score (nSPS) is 17.2. The summed E-state index contributed by atoms with van der Waals surface area (Å²) in [6.45, 7) is 4.03. The zero-order valence-corrected chi connectivity index (χ0v) is 10.0. The summed E-state index contributed by atoms with van der Waals surface area (Å²) >= 11 is 0. The highest BCUT2D eigenvalue weighted by Crippen LogP contribution is 2.25. The molecule has 1 aromatic rings. The van der Waals surface area contributed by atoms with Gasteiger partial charge in [-0.3, -0.25) is 5.41 Å². The number of nitrogen functional groups attached to an aromatic ring is 1. The van der Waals surface area contributed by atoms with Crippen molar-refractivity contribution in [3.63, 3.8) is 0 Å². The minimum atomic E-state index is -0.285. The summed E-state index contributed by atoms with van der Waals surface area (Å²) in [5.41, 5.74) is 6.40. The monoisotopic (exact) mass is 235 g/mol. The lowest BCUT2D eigenvalue weighted by atomic mass is 9.98. The molecule has 0 atom stereocenters. The smallest absolute Gasteiger partial charge is 0.147 e. The van der Waals surface area contributed by atoms with E-state index in [2.05, 4.69) is 11.8 Å². The Morgan fingerprint density at radius 1 is 1.41 bits per heavy atom. The summed E-state index contributed by atoms with van der Waals surface area (Å²) in [5, 5.41) is 7.27. The van der Waals surface area contributed by atoms with Crippen molar-refractivity contribution < 1.29 is 4.39 Å². The Balaban J connectivity index is 2.19. The minimum Gasteiger partial charge on any atom is -0.384 e. The van der Waals surface area contributed by atoms with Gasteiger partial charge in [-0.15, -0.1) is 0 Å². The molecule has 4 heteroatoms. The number of amidine groups is 1. The van der Waals surface area contributed by atoms with E-state index in [1.807, 2.05) is 0 Å². The van der Waals surface area contributed by atoms with Crippen LogP contribution in [0, 0.1) is 17.1 Å². The average molecular weight is 235 g/mol. The number of anilines is 1. The largest absolute Gasteiger partial charge is 0.384 e. The van der Waals surface area contributed by atoms with E-state index in [1.165, 1.54) is 6.07 Å². The molecule has 0 amide bonds. The summed E-state index contributed by atoms with van der Waals surface area (Å²) in [7, 11) is 0. The van der Waals surface area contributed by atoms with Crippen LogP contribution in [0.2, 0.25) is 0 Å². The van der Waals surface area contributed by atoms with E-state index in [4.69, 9.17) is 11.1 Å². The fraction of sp³-hybridized carbons (Fsp3) is 0.462. The number of hydrogen-bond donors (Lipinski definition) is 2. The van der Waals surface area contributed by atoms with Gasteiger partial charge in [0.2, 0.25) is 0 Å². The van der Waals surface area contributed by atoms with Gasteiger partial charge in [0, 0.05) is 18.7 Å². The predicted molar refractivity (Wildman–Crippen MR) is 68.0 cm³/mol. The number of rotatable bonds is 2. The van der Waals surface area contributed by atoms with Gasteiger partial charge in [0.1, 0.15) is 11.7 Å². The first kappa shape index (κ1) is 11.9. The Morgan fingerprint density at radius 2 is 2.06 bits per heavy atom. The number of nitrogens with two attached hydrogens (primary N) is 1. The molecule has 0 saturated carbocycles. The van der Waals surface area contributed by atoms with E-state index in [0.29, 0.717) is 11.3 Å². The second-order valence-corrected chi connectivity index (χ2v) is 4.75. The molecule has 92 valence electrons. The molecule has 0 bridgehead atoms. The molecular formula is C13H18FN3. The molecule has 1 aliphatic rings. The highest BCUT2D eigenvalue weighted by Gasteiger charge is 2.18. The lowest BCUT2D eigenvalue weighted by Crippen LogP contribution is -2.33. The molecule has 17 heavy (non-hydrogen) atoms. The van der Waals surface area contributed by atoms with Crippen molar-refractivity contribution in [3.8, 4) is 0 Å². The molecular weight excluding hydrogens is 217 g/mol. The number of benzene rings is 1. The van der Waals surface area contributed by atoms with E-state index in [-0.39, 0.29) is 11.7 Å². The summed E-state index contributed by atoms with van der Waals surface area (Å²) in [5.74, 6) is 0.348. The molecule has 1 heterocycles. The highest BCUT2D eigenvalue weighted by atomic mass is 19.1. The molecule has 3 N–H and O–H groups in total. The third-order valence-electron chi connectivity index (χ3n) is 3.38. The van der Waals surface area contributed by atoms with Crippen molar-refractivity contribution in [2.75, 3.05) is 18.0 Å². The van der Waals surface area contributed by atoms with E-state index in [9.17, 15) is 4.39 Å². The third-order valence-corrected chi connectivity index (χ3v) is 3.38. The van der Waals surface area contributed by atoms with Crippen LogP contribution in [0.5, 0.6) is 0 Å². The maximum Gasteiger partial charge on any atom is 0.147 e. The van der Waals surface area contributed by atoms with Crippen molar-refractivity contribution in [2.24, 2.45) is 11.7 Å². The first-order chi connectivity index (χ1) is 8.08. The van der Waals surface area contributed by atoms with E-state index in [0.717, 1.165) is 31.8 Å². The molecule has 1 saturated heterocycles. The maximum atomic E-state index is 13.9. The van der Waals surface area contributed by atoms with E-state index >= 15 is 0 Å². The molecule has 0 unspecified atom stereocenters. The van der Waals surface area contributed by atoms with Crippen molar-refractivity contribution in [3.05, 3.63) is 29.6 Å². The van der Waals surface area contributed by atoms with Gasteiger partial charge in [0.25, 0.3) is 0 Å². The molecule has 1 fully saturated rings. The van der Waals surface area contributed by atoms with Crippen LogP contribution in [0.25, 0.3) is 0 Å². The molecule has 0 spiro atoms. The van der Waals surface area contributed by atoms with Crippen molar-refractivity contribution in [1.29, 1.82) is 5.41 Å². The minimum absolute atomic E-state index is 0.0947. The van der Waals surface area contributed by atoms with Crippen molar-refractivity contribution in [2.45, 2.75) is 19.8 Å². The molecule has 3 nitrogen and oxygen atoms in total. The van der Waals surface area contributed by atoms with Gasteiger partial charge in [-0.25, -0.2) is 4.39 Å². The summed E-state index contributed by atoms with van der Waals surface area (Å²) in [4.78, 5) is 2.07. The fourth-order valence-corrected chi connectivity index (χ4v) is 2.18. The number of nitrogens with zero attached hydrogens (tertiary/aromatic N) is 1. The van der Waals surface area contributed by atoms with Crippen LogP contribution in [0.15, 0.2) is 18.2 Å². The Morgan fingerprint density at radius 3 is 2.59 bits per heavy atom. The zero-order chi connectivity index (χ0) is 12.4. The number of nitrogens with one attached hydrogen (secondary N) is 1. The zero-order valence-electron chi connectivity index (χ0n) is 10.0. The average Bonchev–Trinajstić information content (AvgIpc) is 2.30. The van der Waals surface area contributed by atoms with E-state index < -0.39 is 0 Å². The van der Waals surface area contributed by atoms with Gasteiger partial charge >= 0.3 is 0 Å². The first-order valence-corrected chi connectivity index (χ1v) is 5.97. The van der Waals surface area contributed by atoms with Gasteiger partial charge in [-0.2, -0.15) is 0 Å². The van der Waals surface area contributed by atoms with Crippen LogP contribution in [0.1, 0.15) is 25.3 Å². The van der Waals surface area contributed by atoms with Gasteiger partial charge in [-0.1, -0.05) is 6.92 Å². The van der Waals surface area contributed by atoms with Gasteiger partial charge < -0.3 is 10.6 Å². The van der Waals surface area contributed by atoms with Gasteiger partial charge in [0.15, 0.2) is 0 Å². The molecule has 0 radical (unpaired) electrons. The van der Waals surface area contributed by atoms with Gasteiger partial charge in [0.05, 0.1) is 5.69 Å². The molecule has 0 aromatic heterocycles. The predicted octanol–water partition coefficient (Wildman–Crippen LogP) is 2.35. The summed E-state index contributed by atoms with van der Waals surface area (Å²) < 4.78 is 13.9. The van der Waals surface area contributed by atoms with Crippen LogP contribution in [0.4, 0.5) is 10.1 Å². The quantitative estimate of drug-likeness (QED) is 0.610. The molecule has 2 rings (SSSR count). The van der Waals surface area contributed by atoms with Gasteiger partial charge in [-0.05, 0) is 37.0 Å². The summed E-state index contributed by atoms with van der Waals surface area (Å²) in [6, 6.07) is 4.77. The lowest BCUT2D eigenvalue weighted by Gasteiger charge is -2.32. The van der Waals surface area contributed by atoms with Crippen molar-refractivity contribution in [1.82, 2.24) is 0 Å². The second-order valence-electron chi connectivity index (χ2n) is 4.75. The molecule has 1 aliphatic heterocycles. The van der Waals surface area contributed by atoms with Crippen LogP contribution in [0.3, 0.4) is 0 Å². The Hall–Kier alpha value is -1.58. The number of hydrogen-bond acceptors (Lipinski definition) is 2. The Kier molecular flexibility index (Phi) is 3.31. The van der Waals surface area contributed by atoms with E-state index in [1.54, 1.807) is 12.1 Å².